The van der Waals surface area contributed by atoms with Crippen molar-refractivity contribution in [3.8, 4) is 22.9 Å². The molecule has 166 valence electrons. The van der Waals surface area contributed by atoms with Gasteiger partial charge in [-0.2, -0.15) is 10.4 Å². The molecule has 7 heteroatoms. The number of pyridine rings is 2. The number of nitrogens with zero attached hydrogens (tertiary/aromatic N) is 6. The number of piperazine rings is 1. The second-order valence-electron chi connectivity index (χ2n) is 8.37. The van der Waals surface area contributed by atoms with Gasteiger partial charge in [-0.25, -0.2) is 9.50 Å². The molecule has 0 amide bonds. The van der Waals surface area contributed by atoms with Crippen molar-refractivity contribution in [3.05, 3.63) is 77.7 Å². The predicted octanol–water partition coefficient (Wildman–Crippen LogP) is 3.86. The molecule has 1 saturated heterocycles. The lowest BCUT2D eigenvalue weighted by molar-refractivity contribution is 0.248. The van der Waals surface area contributed by atoms with Crippen LogP contribution in [0.4, 0.5) is 5.82 Å². The summed E-state index contributed by atoms with van der Waals surface area (Å²) in [5, 5.41) is 23.7. The van der Waals surface area contributed by atoms with Crippen LogP contribution in [0.3, 0.4) is 0 Å². The van der Waals surface area contributed by atoms with Crippen molar-refractivity contribution in [2.24, 2.45) is 0 Å². The second kappa shape index (κ2) is 8.93. The molecule has 0 unspecified atom stereocenters. The molecule has 0 aliphatic carbocycles. The maximum atomic E-state index is 10.1. The van der Waals surface area contributed by atoms with Gasteiger partial charge in [0.15, 0.2) is 0 Å². The van der Waals surface area contributed by atoms with E-state index in [1.165, 1.54) is 28.0 Å². The summed E-state index contributed by atoms with van der Waals surface area (Å²) in [4.78, 5) is 9.52. The summed E-state index contributed by atoms with van der Waals surface area (Å²) in [6.07, 6.45) is 5.88. The third-order valence-electron chi connectivity index (χ3n) is 6.37. The quantitative estimate of drug-likeness (QED) is 0.510. The Labute approximate surface area is 193 Å². The molecule has 4 heterocycles. The van der Waals surface area contributed by atoms with Gasteiger partial charge in [0.2, 0.25) is 0 Å². The van der Waals surface area contributed by atoms with Crippen LogP contribution in [0.5, 0.6) is 5.75 Å². The number of hydrogen-bond donors (Lipinski definition) is 1. The van der Waals surface area contributed by atoms with Gasteiger partial charge in [-0.1, -0.05) is 31.2 Å². The molecule has 0 spiro atoms. The van der Waals surface area contributed by atoms with Crippen LogP contribution in [0.1, 0.15) is 23.6 Å². The molecule has 0 bridgehead atoms. The molecule has 0 saturated carbocycles. The normalized spacial score (nSPS) is 14.5. The Bertz CT molecular complexity index is 1310. The van der Waals surface area contributed by atoms with Crippen molar-refractivity contribution >= 4 is 11.3 Å². The van der Waals surface area contributed by atoms with Gasteiger partial charge >= 0.3 is 0 Å². The largest absolute Gasteiger partial charge is 0.506 e. The average molecular weight is 439 g/mol. The van der Waals surface area contributed by atoms with E-state index >= 15 is 0 Å². The lowest BCUT2D eigenvalue weighted by Crippen LogP contribution is -2.46. The van der Waals surface area contributed by atoms with E-state index in [4.69, 9.17) is 4.98 Å². The Balaban J connectivity index is 1.30. The maximum Gasteiger partial charge on any atom is 0.134 e. The average Bonchev–Trinajstić information content (AvgIpc) is 3.27. The fourth-order valence-electron chi connectivity index (χ4n) is 4.57. The van der Waals surface area contributed by atoms with E-state index < -0.39 is 0 Å². The Morgan fingerprint density at radius 1 is 1.03 bits per heavy atom. The fourth-order valence-corrected chi connectivity index (χ4v) is 4.57. The van der Waals surface area contributed by atoms with Crippen LogP contribution < -0.4 is 4.90 Å². The van der Waals surface area contributed by atoms with E-state index in [0.29, 0.717) is 11.1 Å². The Hall–Kier alpha value is -3.89. The highest BCUT2D eigenvalue weighted by Crippen LogP contribution is 2.31. The molecule has 1 fully saturated rings. The predicted molar refractivity (Wildman–Crippen MR) is 128 cm³/mol. The van der Waals surface area contributed by atoms with Crippen LogP contribution in [-0.2, 0) is 13.0 Å². The summed E-state index contributed by atoms with van der Waals surface area (Å²) in [7, 11) is 0. The molecule has 1 aromatic carbocycles. The highest BCUT2D eigenvalue weighted by Gasteiger charge is 2.19. The van der Waals surface area contributed by atoms with Crippen molar-refractivity contribution in [2.75, 3.05) is 31.1 Å². The van der Waals surface area contributed by atoms with Crippen molar-refractivity contribution in [2.45, 2.75) is 19.9 Å². The number of aromatic nitrogens is 3. The first-order valence-corrected chi connectivity index (χ1v) is 11.3. The van der Waals surface area contributed by atoms with E-state index in [1.807, 2.05) is 18.3 Å². The number of aryl methyl sites for hydroxylation is 1. The summed E-state index contributed by atoms with van der Waals surface area (Å²) in [6, 6.07) is 16.5. The van der Waals surface area contributed by atoms with Crippen LogP contribution in [0, 0.1) is 11.3 Å². The SMILES string of the molecule is CCc1ccccc1CN1CCN(c2ccc(-c3cc(O)cn4ncc(C#N)c34)cn2)CC1. The number of hydrogen-bond acceptors (Lipinski definition) is 6. The molecule has 33 heavy (non-hydrogen) atoms. The van der Waals surface area contributed by atoms with Crippen LogP contribution >= 0.6 is 0 Å². The Morgan fingerprint density at radius 2 is 1.82 bits per heavy atom. The third kappa shape index (κ3) is 4.13. The van der Waals surface area contributed by atoms with Gasteiger partial charge in [-0.3, -0.25) is 4.90 Å². The molecule has 4 aromatic rings. The van der Waals surface area contributed by atoms with Crippen molar-refractivity contribution in [1.82, 2.24) is 19.5 Å². The van der Waals surface area contributed by atoms with Crippen LogP contribution in [-0.4, -0.2) is 50.8 Å². The van der Waals surface area contributed by atoms with Crippen molar-refractivity contribution < 1.29 is 5.11 Å². The molecule has 1 N–H and O–H groups in total. The molecule has 0 radical (unpaired) electrons. The number of nitriles is 1. The van der Waals surface area contributed by atoms with Gasteiger partial charge in [0, 0.05) is 50.0 Å². The highest BCUT2D eigenvalue weighted by atomic mass is 16.3. The molecule has 0 atom stereocenters. The van der Waals surface area contributed by atoms with E-state index in [1.54, 1.807) is 6.07 Å². The molecular formula is C26H26N6O. The minimum atomic E-state index is 0.0925. The zero-order chi connectivity index (χ0) is 22.8. The first kappa shape index (κ1) is 21.0. The van der Waals surface area contributed by atoms with E-state index in [-0.39, 0.29) is 5.75 Å². The fraction of sp³-hybridized carbons (Fsp3) is 0.269. The van der Waals surface area contributed by atoms with Gasteiger partial charge in [0.1, 0.15) is 17.6 Å². The molecule has 5 rings (SSSR count). The number of benzene rings is 1. The van der Waals surface area contributed by atoms with Gasteiger partial charge < -0.3 is 10.0 Å². The summed E-state index contributed by atoms with van der Waals surface area (Å²) in [5.41, 5.74) is 5.57. The topological polar surface area (TPSA) is 80.7 Å². The summed E-state index contributed by atoms with van der Waals surface area (Å²) in [6.45, 7) is 7.05. The second-order valence-corrected chi connectivity index (χ2v) is 8.37. The molecule has 7 nitrogen and oxygen atoms in total. The zero-order valence-electron chi connectivity index (χ0n) is 18.6. The standard InChI is InChI=1S/C26H26N6O/c1-2-19-5-3-4-6-21(19)17-30-9-11-31(12-10-30)25-8-7-20(15-28-25)24-13-23(33)18-32-26(24)22(14-27)16-29-32/h3-8,13,15-16,18,33H,2,9-12,17H2,1H3. The van der Waals surface area contributed by atoms with Crippen LogP contribution in [0.2, 0.25) is 0 Å². The lowest BCUT2D eigenvalue weighted by Gasteiger charge is -2.35. The van der Waals surface area contributed by atoms with Crippen LogP contribution in [0.25, 0.3) is 16.6 Å². The molecular weight excluding hydrogens is 412 g/mol. The van der Waals surface area contributed by atoms with Gasteiger partial charge in [0.25, 0.3) is 0 Å². The number of rotatable bonds is 5. The molecule has 1 aliphatic heterocycles. The van der Waals surface area contributed by atoms with E-state index in [0.717, 1.165) is 56.1 Å². The zero-order valence-corrected chi connectivity index (χ0v) is 18.6. The molecule has 3 aromatic heterocycles. The van der Waals surface area contributed by atoms with Gasteiger partial charge in [-0.05, 0) is 35.7 Å². The Kier molecular flexibility index (Phi) is 5.68. The van der Waals surface area contributed by atoms with E-state index in [9.17, 15) is 10.4 Å². The highest BCUT2D eigenvalue weighted by molar-refractivity contribution is 5.85. The minimum Gasteiger partial charge on any atom is -0.506 e. The van der Waals surface area contributed by atoms with Gasteiger partial charge in [0.05, 0.1) is 23.5 Å². The minimum absolute atomic E-state index is 0.0925. The number of fused-ring (bicyclic) bond motifs is 1. The lowest BCUT2D eigenvalue weighted by atomic mass is 10.0. The smallest absolute Gasteiger partial charge is 0.134 e. The number of aromatic hydroxyl groups is 1. The first-order chi connectivity index (χ1) is 16.2. The number of anilines is 1. The maximum absolute atomic E-state index is 10.1. The van der Waals surface area contributed by atoms with Gasteiger partial charge in [-0.15, -0.1) is 0 Å². The molecule has 1 aliphatic rings. The third-order valence-corrected chi connectivity index (χ3v) is 6.37. The summed E-state index contributed by atoms with van der Waals surface area (Å²) in [5.74, 6) is 1.03. The first-order valence-electron chi connectivity index (χ1n) is 11.3. The summed E-state index contributed by atoms with van der Waals surface area (Å²) >= 11 is 0. The van der Waals surface area contributed by atoms with Crippen LogP contribution in [0.15, 0.2) is 61.1 Å². The Morgan fingerprint density at radius 3 is 2.52 bits per heavy atom. The summed E-state index contributed by atoms with van der Waals surface area (Å²) < 4.78 is 1.53. The van der Waals surface area contributed by atoms with Crippen molar-refractivity contribution in [1.29, 1.82) is 5.26 Å². The van der Waals surface area contributed by atoms with Crippen molar-refractivity contribution in [3.63, 3.8) is 0 Å². The monoisotopic (exact) mass is 438 g/mol. The van der Waals surface area contributed by atoms with E-state index in [2.05, 4.69) is 52.2 Å².